The van der Waals surface area contributed by atoms with Crippen molar-refractivity contribution in [3.63, 3.8) is 0 Å². The van der Waals surface area contributed by atoms with Crippen LogP contribution in [0.3, 0.4) is 0 Å². The van der Waals surface area contributed by atoms with E-state index >= 15 is 0 Å². The lowest BCUT2D eigenvalue weighted by atomic mass is 10.0. The van der Waals surface area contributed by atoms with Crippen molar-refractivity contribution < 1.29 is 9.59 Å². The van der Waals surface area contributed by atoms with Crippen LogP contribution in [0.1, 0.15) is 51.1 Å². The molecule has 0 saturated carbocycles. The van der Waals surface area contributed by atoms with Crippen LogP contribution in [0.5, 0.6) is 0 Å². The molecule has 1 atom stereocenters. The third-order valence-electron chi connectivity index (χ3n) is 3.14. The summed E-state index contributed by atoms with van der Waals surface area (Å²) in [5.74, 6) is -0.214. The number of benzene rings is 1. The van der Waals surface area contributed by atoms with Gasteiger partial charge in [0.1, 0.15) is 0 Å². The fourth-order valence-electron chi connectivity index (χ4n) is 2.05. The first-order valence-electron chi connectivity index (χ1n) is 7.32. The van der Waals surface area contributed by atoms with Crippen LogP contribution in [-0.4, -0.2) is 18.4 Å². The van der Waals surface area contributed by atoms with Gasteiger partial charge in [0.05, 0.1) is 12.5 Å². The Labute approximate surface area is 131 Å². The first kappa shape index (κ1) is 17.5. The molecule has 0 unspecified atom stereocenters. The highest BCUT2D eigenvalue weighted by molar-refractivity contribution is 6.30. The van der Waals surface area contributed by atoms with Crippen LogP contribution in [0.25, 0.3) is 0 Å². The molecular formula is C16H23ClN2O2. The van der Waals surface area contributed by atoms with Gasteiger partial charge in [-0.2, -0.15) is 0 Å². The molecule has 2 N–H and O–H groups in total. The Morgan fingerprint density at radius 3 is 2.43 bits per heavy atom. The van der Waals surface area contributed by atoms with E-state index in [1.807, 2.05) is 12.1 Å². The van der Waals surface area contributed by atoms with Crippen LogP contribution < -0.4 is 10.6 Å². The Balaban J connectivity index is 2.59. The molecule has 5 heteroatoms. The van der Waals surface area contributed by atoms with E-state index in [2.05, 4.69) is 17.6 Å². The molecule has 0 radical (unpaired) electrons. The zero-order valence-electron chi connectivity index (χ0n) is 12.6. The fraction of sp³-hybridized carbons (Fsp3) is 0.500. The van der Waals surface area contributed by atoms with E-state index in [-0.39, 0.29) is 24.3 Å². The Morgan fingerprint density at radius 1 is 1.19 bits per heavy atom. The third kappa shape index (κ3) is 7.14. The van der Waals surface area contributed by atoms with Gasteiger partial charge in [-0.1, -0.05) is 43.5 Å². The van der Waals surface area contributed by atoms with E-state index in [1.165, 1.54) is 6.92 Å². The maximum absolute atomic E-state index is 11.9. The Kier molecular flexibility index (Phi) is 7.83. The molecule has 2 amide bonds. The van der Waals surface area contributed by atoms with E-state index in [1.54, 1.807) is 12.1 Å². The molecule has 0 bridgehead atoms. The van der Waals surface area contributed by atoms with E-state index in [9.17, 15) is 9.59 Å². The predicted octanol–water partition coefficient (Wildman–Crippen LogP) is 3.21. The minimum Gasteiger partial charge on any atom is -0.356 e. The summed E-state index contributed by atoms with van der Waals surface area (Å²) in [5.41, 5.74) is 0.873. The van der Waals surface area contributed by atoms with Crippen molar-refractivity contribution in [1.82, 2.24) is 10.6 Å². The minimum atomic E-state index is -0.328. The molecule has 0 aliphatic rings. The number of amides is 2. The Morgan fingerprint density at radius 2 is 1.86 bits per heavy atom. The second kappa shape index (κ2) is 9.40. The third-order valence-corrected chi connectivity index (χ3v) is 3.39. The topological polar surface area (TPSA) is 58.2 Å². The average molecular weight is 311 g/mol. The summed E-state index contributed by atoms with van der Waals surface area (Å²) >= 11 is 5.86. The summed E-state index contributed by atoms with van der Waals surface area (Å²) in [4.78, 5) is 23.3. The van der Waals surface area contributed by atoms with Gasteiger partial charge in [-0.15, -0.1) is 0 Å². The van der Waals surface area contributed by atoms with Crippen molar-refractivity contribution in [1.29, 1.82) is 0 Å². The Bertz CT molecular complexity index is 460. The number of carbonyl (C=O) groups excluding carboxylic acids is 2. The van der Waals surface area contributed by atoms with Gasteiger partial charge in [0.25, 0.3) is 0 Å². The van der Waals surface area contributed by atoms with Crippen LogP contribution in [0, 0.1) is 0 Å². The van der Waals surface area contributed by atoms with Crippen LogP contribution >= 0.6 is 11.6 Å². The maximum Gasteiger partial charge on any atom is 0.222 e. The second-order valence-electron chi connectivity index (χ2n) is 5.07. The molecule has 0 saturated heterocycles. The molecule has 1 aromatic carbocycles. The summed E-state index contributed by atoms with van der Waals surface area (Å²) in [6.45, 7) is 4.25. The van der Waals surface area contributed by atoms with Gasteiger partial charge < -0.3 is 10.6 Å². The van der Waals surface area contributed by atoms with Gasteiger partial charge >= 0.3 is 0 Å². The van der Waals surface area contributed by atoms with Crippen LogP contribution in [0.15, 0.2) is 24.3 Å². The molecule has 4 nitrogen and oxygen atoms in total. The second-order valence-corrected chi connectivity index (χ2v) is 5.50. The zero-order valence-corrected chi connectivity index (χ0v) is 13.4. The van der Waals surface area contributed by atoms with Gasteiger partial charge in [0.2, 0.25) is 11.8 Å². The average Bonchev–Trinajstić information content (AvgIpc) is 2.43. The predicted molar refractivity (Wildman–Crippen MR) is 85.2 cm³/mol. The number of hydrogen-bond donors (Lipinski definition) is 2. The smallest absolute Gasteiger partial charge is 0.222 e. The fourth-order valence-corrected chi connectivity index (χ4v) is 2.18. The molecule has 0 heterocycles. The molecule has 0 aromatic heterocycles. The van der Waals surface area contributed by atoms with Gasteiger partial charge in [0.15, 0.2) is 0 Å². The summed E-state index contributed by atoms with van der Waals surface area (Å²) in [5, 5.41) is 6.32. The molecule has 0 spiro atoms. The van der Waals surface area contributed by atoms with Gasteiger partial charge in [0, 0.05) is 18.5 Å². The van der Waals surface area contributed by atoms with Crippen molar-refractivity contribution >= 4 is 23.4 Å². The zero-order chi connectivity index (χ0) is 15.7. The molecule has 1 aromatic rings. The molecule has 116 valence electrons. The van der Waals surface area contributed by atoms with Crippen LogP contribution in [-0.2, 0) is 9.59 Å². The minimum absolute atomic E-state index is 0.0557. The lowest BCUT2D eigenvalue weighted by Crippen LogP contribution is -2.33. The summed E-state index contributed by atoms with van der Waals surface area (Å²) in [6.07, 6.45) is 3.43. The normalized spacial score (nSPS) is 11.8. The molecule has 0 aliphatic carbocycles. The molecule has 0 fully saturated rings. The molecule has 0 aliphatic heterocycles. The van der Waals surface area contributed by atoms with Crippen molar-refractivity contribution in [2.45, 2.75) is 45.6 Å². The van der Waals surface area contributed by atoms with Crippen LogP contribution in [0.2, 0.25) is 5.02 Å². The van der Waals surface area contributed by atoms with E-state index in [0.717, 1.165) is 24.8 Å². The van der Waals surface area contributed by atoms with Crippen molar-refractivity contribution in [2.24, 2.45) is 0 Å². The van der Waals surface area contributed by atoms with Crippen molar-refractivity contribution in [3.05, 3.63) is 34.9 Å². The highest BCUT2D eigenvalue weighted by Crippen LogP contribution is 2.19. The van der Waals surface area contributed by atoms with Crippen LogP contribution in [0.4, 0.5) is 0 Å². The molecule has 21 heavy (non-hydrogen) atoms. The van der Waals surface area contributed by atoms with Gasteiger partial charge in [-0.05, 0) is 24.1 Å². The van der Waals surface area contributed by atoms with Crippen molar-refractivity contribution in [3.8, 4) is 0 Å². The number of rotatable bonds is 8. The molecule has 1 rings (SSSR count). The highest BCUT2D eigenvalue weighted by Gasteiger charge is 2.16. The Hall–Kier alpha value is -1.55. The highest BCUT2D eigenvalue weighted by atomic mass is 35.5. The van der Waals surface area contributed by atoms with E-state index in [4.69, 9.17) is 11.6 Å². The summed E-state index contributed by atoms with van der Waals surface area (Å²) in [7, 11) is 0. The number of carbonyl (C=O) groups is 2. The quantitative estimate of drug-likeness (QED) is 0.724. The van der Waals surface area contributed by atoms with E-state index < -0.39 is 0 Å². The van der Waals surface area contributed by atoms with Crippen molar-refractivity contribution in [2.75, 3.05) is 6.54 Å². The van der Waals surface area contributed by atoms with Gasteiger partial charge in [-0.25, -0.2) is 0 Å². The SMILES string of the molecule is CCCCCNC(=O)C[C@@H](NC(C)=O)c1ccc(Cl)cc1. The first-order valence-corrected chi connectivity index (χ1v) is 7.70. The monoisotopic (exact) mass is 310 g/mol. The first-order chi connectivity index (χ1) is 10.0. The lowest BCUT2D eigenvalue weighted by molar-refractivity contribution is -0.122. The maximum atomic E-state index is 11.9. The number of halogens is 1. The summed E-state index contributed by atoms with van der Waals surface area (Å²) in [6, 6.07) is 6.84. The number of hydrogen-bond acceptors (Lipinski definition) is 2. The lowest BCUT2D eigenvalue weighted by Gasteiger charge is -2.18. The number of unbranched alkanes of at least 4 members (excludes halogenated alkanes) is 2. The molecular weight excluding hydrogens is 288 g/mol. The number of nitrogens with one attached hydrogen (secondary N) is 2. The standard InChI is InChI=1S/C16H23ClN2O2/c1-3-4-5-10-18-16(21)11-15(19-12(2)20)13-6-8-14(17)9-7-13/h6-9,15H,3-5,10-11H2,1-2H3,(H,18,21)(H,19,20)/t15-/m1/s1. The van der Waals surface area contributed by atoms with E-state index in [0.29, 0.717) is 11.6 Å². The largest absolute Gasteiger partial charge is 0.356 e. The van der Waals surface area contributed by atoms with Gasteiger partial charge in [-0.3, -0.25) is 9.59 Å². The summed E-state index contributed by atoms with van der Waals surface area (Å²) < 4.78 is 0.